The van der Waals surface area contributed by atoms with Crippen LogP contribution < -0.4 is 10.6 Å². The molecule has 1 aliphatic rings. The van der Waals surface area contributed by atoms with Gasteiger partial charge in [0.1, 0.15) is 11.7 Å². The molecule has 1 aliphatic heterocycles. The van der Waals surface area contributed by atoms with Crippen LogP contribution in [0.15, 0.2) is 47.5 Å². The first-order chi connectivity index (χ1) is 11.2. The van der Waals surface area contributed by atoms with Crippen molar-refractivity contribution in [2.75, 3.05) is 18.4 Å². The van der Waals surface area contributed by atoms with E-state index >= 15 is 0 Å². The second-order valence-corrected chi connectivity index (χ2v) is 5.51. The van der Waals surface area contributed by atoms with Crippen molar-refractivity contribution in [3.63, 3.8) is 0 Å². The first-order valence-electron chi connectivity index (χ1n) is 7.30. The molecule has 0 spiro atoms. The lowest BCUT2D eigenvalue weighted by Gasteiger charge is -2.18. The third-order valence-corrected chi connectivity index (χ3v) is 3.83. The van der Waals surface area contributed by atoms with Crippen LogP contribution in [-0.4, -0.2) is 24.8 Å². The molecule has 1 heterocycles. The summed E-state index contributed by atoms with van der Waals surface area (Å²) in [5.74, 6) is -0.510. The molecule has 0 atom stereocenters. The Labute approximate surface area is 138 Å². The summed E-state index contributed by atoms with van der Waals surface area (Å²) in [4.78, 5) is 16.8. The number of aliphatic imine (C=N–C) groups is 1. The number of amides is 1. The number of carbonyl (C=O) groups is 1. The van der Waals surface area contributed by atoms with Crippen LogP contribution in [-0.2, 0) is 0 Å². The topological polar surface area (TPSA) is 53.5 Å². The molecule has 0 saturated heterocycles. The number of amidine groups is 1. The molecule has 0 saturated carbocycles. The predicted molar refractivity (Wildman–Crippen MR) is 89.8 cm³/mol. The standard InChI is InChI=1S/C17H15ClFN3O/c18-12-6-3-7-13(19)15(12)17(23)22-14-8-2-1-5-11(14)16-20-9-4-10-21-16/h1-3,5-8H,4,9-10H2,(H,20,21)(H,22,23). The smallest absolute Gasteiger partial charge is 0.260 e. The third kappa shape index (κ3) is 3.35. The minimum atomic E-state index is -0.652. The molecule has 0 fully saturated rings. The number of rotatable bonds is 3. The van der Waals surface area contributed by atoms with Gasteiger partial charge in [0.2, 0.25) is 0 Å². The van der Waals surface area contributed by atoms with Gasteiger partial charge >= 0.3 is 0 Å². The van der Waals surface area contributed by atoms with Crippen molar-refractivity contribution in [2.45, 2.75) is 6.42 Å². The van der Waals surface area contributed by atoms with Crippen molar-refractivity contribution in [1.29, 1.82) is 0 Å². The maximum absolute atomic E-state index is 13.9. The van der Waals surface area contributed by atoms with E-state index in [9.17, 15) is 9.18 Å². The molecule has 6 heteroatoms. The minimum absolute atomic E-state index is 0.0770. The molecular formula is C17H15ClFN3O. The van der Waals surface area contributed by atoms with Crippen molar-refractivity contribution in [3.05, 3.63) is 64.4 Å². The van der Waals surface area contributed by atoms with E-state index in [2.05, 4.69) is 15.6 Å². The van der Waals surface area contributed by atoms with Gasteiger partial charge in [0.15, 0.2) is 0 Å². The average molecular weight is 332 g/mol. The number of para-hydroxylation sites is 1. The quantitative estimate of drug-likeness (QED) is 0.904. The zero-order valence-electron chi connectivity index (χ0n) is 12.3. The van der Waals surface area contributed by atoms with Gasteiger partial charge in [-0.2, -0.15) is 0 Å². The van der Waals surface area contributed by atoms with E-state index in [-0.39, 0.29) is 10.6 Å². The summed E-state index contributed by atoms with van der Waals surface area (Å²) in [6, 6.07) is 11.4. The monoisotopic (exact) mass is 331 g/mol. The van der Waals surface area contributed by atoms with Gasteiger partial charge in [-0.3, -0.25) is 9.79 Å². The first kappa shape index (κ1) is 15.5. The Balaban J connectivity index is 1.92. The SMILES string of the molecule is O=C(Nc1ccccc1C1=NCCCN1)c1c(F)cccc1Cl. The zero-order chi connectivity index (χ0) is 16.2. The molecular weight excluding hydrogens is 317 g/mol. The summed E-state index contributed by atoms with van der Waals surface area (Å²) >= 11 is 5.94. The molecule has 1 amide bonds. The van der Waals surface area contributed by atoms with Crippen LogP contribution in [0.2, 0.25) is 5.02 Å². The Bertz CT molecular complexity index is 756. The van der Waals surface area contributed by atoms with Crippen LogP contribution in [0.1, 0.15) is 22.3 Å². The number of halogens is 2. The van der Waals surface area contributed by atoms with Gasteiger partial charge < -0.3 is 10.6 Å². The maximum atomic E-state index is 13.9. The molecule has 2 aromatic carbocycles. The van der Waals surface area contributed by atoms with Gasteiger partial charge in [-0.1, -0.05) is 29.8 Å². The summed E-state index contributed by atoms with van der Waals surface area (Å²) in [7, 11) is 0. The fourth-order valence-corrected chi connectivity index (χ4v) is 2.66. The summed E-state index contributed by atoms with van der Waals surface area (Å²) in [6.07, 6.45) is 0.975. The van der Waals surface area contributed by atoms with Gasteiger partial charge in [-0.25, -0.2) is 4.39 Å². The van der Waals surface area contributed by atoms with E-state index in [0.717, 1.165) is 30.9 Å². The number of hydrogen-bond acceptors (Lipinski definition) is 3. The highest BCUT2D eigenvalue weighted by atomic mass is 35.5. The van der Waals surface area contributed by atoms with Crippen molar-refractivity contribution in [2.24, 2.45) is 4.99 Å². The molecule has 0 unspecified atom stereocenters. The lowest BCUT2D eigenvalue weighted by atomic mass is 10.1. The van der Waals surface area contributed by atoms with E-state index in [4.69, 9.17) is 11.6 Å². The van der Waals surface area contributed by atoms with E-state index < -0.39 is 11.7 Å². The minimum Gasteiger partial charge on any atom is -0.370 e. The highest BCUT2D eigenvalue weighted by molar-refractivity contribution is 6.34. The van der Waals surface area contributed by atoms with Crippen molar-refractivity contribution in [3.8, 4) is 0 Å². The molecule has 2 aromatic rings. The normalized spacial score (nSPS) is 13.9. The highest BCUT2D eigenvalue weighted by Crippen LogP contribution is 2.22. The molecule has 23 heavy (non-hydrogen) atoms. The first-order valence-corrected chi connectivity index (χ1v) is 7.67. The molecule has 0 radical (unpaired) electrons. The fraction of sp³-hybridized carbons (Fsp3) is 0.176. The zero-order valence-corrected chi connectivity index (χ0v) is 13.0. The summed E-state index contributed by atoms with van der Waals surface area (Å²) in [5, 5.41) is 6.01. The van der Waals surface area contributed by atoms with Gasteiger partial charge in [-0.15, -0.1) is 0 Å². The maximum Gasteiger partial charge on any atom is 0.260 e. The van der Waals surface area contributed by atoms with Crippen molar-refractivity contribution >= 4 is 29.0 Å². The van der Waals surface area contributed by atoms with Crippen LogP contribution in [0.5, 0.6) is 0 Å². The summed E-state index contributed by atoms with van der Waals surface area (Å²) in [6.45, 7) is 1.57. The number of nitrogens with zero attached hydrogens (tertiary/aromatic N) is 1. The van der Waals surface area contributed by atoms with E-state index in [1.165, 1.54) is 18.2 Å². The molecule has 0 bridgehead atoms. The van der Waals surface area contributed by atoms with Crippen LogP contribution >= 0.6 is 11.6 Å². The summed E-state index contributed by atoms with van der Waals surface area (Å²) < 4.78 is 13.9. The largest absolute Gasteiger partial charge is 0.370 e. The number of anilines is 1. The Hall–Kier alpha value is -2.40. The fourth-order valence-electron chi connectivity index (χ4n) is 2.41. The summed E-state index contributed by atoms with van der Waals surface area (Å²) in [5.41, 5.74) is 1.17. The van der Waals surface area contributed by atoms with Crippen LogP contribution in [0, 0.1) is 5.82 Å². The lowest BCUT2D eigenvalue weighted by Crippen LogP contribution is -2.31. The van der Waals surface area contributed by atoms with Gasteiger partial charge in [0, 0.05) is 18.7 Å². The number of nitrogens with one attached hydrogen (secondary N) is 2. The molecule has 0 aromatic heterocycles. The van der Waals surface area contributed by atoms with Crippen LogP contribution in [0.25, 0.3) is 0 Å². The third-order valence-electron chi connectivity index (χ3n) is 3.52. The Morgan fingerprint density at radius 1 is 1.22 bits per heavy atom. The molecule has 118 valence electrons. The van der Waals surface area contributed by atoms with Crippen LogP contribution in [0.3, 0.4) is 0 Å². The Kier molecular flexibility index (Phi) is 4.57. The van der Waals surface area contributed by atoms with Crippen LogP contribution in [0.4, 0.5) is 10.1 Å². The lowest BCUT2D eigenvalue weighted by molar-refractivity contribution is 0.102. The molecule has 2 N–H and O–H groups in total. The second kappa shape index (κ2) is 6.79. The molecule has 3 rings (SSSR count). The van der Waals surface area contributed by atoms with Crippen molar-refractivity contribution in [1.82, 2.24) is 5.32 Å². The van der Waals surface area contributed by atoms with Gasteiger partial charge in [-0.05, 0) is 30.7 Å². The molecule has 4 nitrogen and oxygen atoms in total. The van der Waals surface area contributed by atoms with Crippen molar-refractivity contribution < 1.29 is 9.18 Å². The Morgan fingerprint density at radius 2 is 2.04 bits per heavy atom. The number of benzene rings is 2. The number of hydrogen-bond donors (Lipinski definition) is 2. The van der Waals surface area contributed by atoms with E-state index in [0.29, 0.717) is 5.69 Å². The average Bonchev–Trinajstić information content (AvgIpc) is 2.56. The predicted octanol–water partition coefficient (Wildman–Crippen LogP) is 3.47. The van der Waals surface area contributed by atoms with Gasteiger partial charge in [0.05, 0.1) is 16.3 Å². The van der Waals surface area contributed by atoms with Gasteiger partial charge in [0.25, 0.3) is 5.91 Å². The van der Waals surface area contributed by atoms with E-state index in [1.54, 1.807) is 12.1 Å². The molecule has 0 aliphatic carbocycles. The second-order valence-electron chi connectivity index (χ2n) is 5.11. The van der Waals surface area contributed by atoms with E-state index in [1.807, 2.05) is 12.1 Å². The Morgan fingerprint density at radius 3 is 2.78 bits per heavy atom. The number of carbonyl (C=O) groups excluding carboxylic acids is 1. The highest BCUT2D eigenvalue weighted by Gasteiger charge is 2.18.